The molecule has 2 aromatic rings. The first-order valence-electron chi connectivity index (χ1n) is 5.82. The van der Waals surface area contributed by atoms with Gasteiger partial charge in [0.2, 0.25) is 10.0 Å². The Morgan fingerprint density at radius 2 is 1.95 bits per heavy atom. The number of halogens is 3. The van der Waals surface area contributed by atoms with Crippen molar-refractivity contribution >= 4 is 21.6 Å². The van der Waals surface area contributed by atoms with Crippen LogP contribution in [0.5, 0.6) is 0 Å². The van der Waals surface area contributed by atoms with Crippen molar-refractivity contribution in [3.05, 3.63) is 58.9 Å². The van der Waals surface area contributed by atoms with Crippen LogP contribution < -0.4 is 0 Å². The first-order valence-corrected chi connectivity index (χ1v) is 7.64. The van der Waals surface area contributed by atoms with Crippen molar-refractivity contribution in [3.63, 3.8) is 0 Å². The largest absolute Gasteiger partial charge is 0.263 e. The maximum absolute atomic E-state index is 13.1. The van der Waals surface area contributed by atoms with Crippen LogP contribution in [0, 0.1) is 11.6 Å². The fourth-order valence-electron chi connectivity index (χ4n) is 1.70. The maximum atomic E-state index is 13.1. The van der Waals surface area contributed by atoms with Crippen LogP contribution in [0.4, 0.5) is 8.78 Å². The van der Waals surface area contributed by atoms with E-state index in [2.05, 4.69) is 4.98 Å². The number of hydrogen-bond donors (Lipinski definition) is 0. The molecule has 0 saturated heterocycles. The minimum Gasteiger partial charge on any atom is -0.263 e. The Labute approximate surface area is 126 Å². The third-order valence-electron chi connectivity index (χ3n) is 2.81. The lowest BCUT2D eigenvalue weighted by Crippen LogP contribution is -2.27. The standard InChI is InChI=1S/C13H11ClF2N2O2S/c1-18(8-9-2-3-11(15)12(16)6-9)21(19,20)13-7-17-5-4-10(13)14/h2-7H,8H2,1H3. The molecule has 0 aliphatic heterocycles. The molecule has 1 aromatic heterocycles. The molecule has 21 heavy (non-hydrogen) atoms. The summed E-state index contributed by atoms with van der Waals surface area (Å²) in [5.41, 5.74) is 0.319. The monoisotopic (exact) mass is 332 g/mol. The second-order valence-electron chi connectivity index (χ2n) is 4.32. The van der Waals surface area contributed by atoms with Gasteiger partial charge in [-0.15, -0.1) is 0 Å². The van der Waals surface area contributed by atoms with Gasteiger partial charge in [-0.05, 0) is 23.8 Å². The molecule has 112 valence electrons. The molecule has 0 unspecified atom stereocenters. The molecule has 0 fully saturated rings. The van der Waals surface area contributed by atoms with E-state index in [4.69, 9.17) is 11.6 Å². The third kappa shape index (κ3) is 3.37. The van der Waals surface area contributed by atoms with Crippen LogP contribution in [0.2, 0.25) is 5.02 Å². The highest BCUT2D eigenvalue weighted by Gasteiger charge is 2.24. The minimum absolute atomic E-state index is 0.0436. The van der Waals surface area contributed by atoms with E-state index in [0.717, 1.165) is 22.6 Å². The summed E-state index contributed by atoms with van der Waals surface area (Å²) in [5.74, 6) is -2.02. The molecule has 0 saturated carbocycles. The molecular formula is C13H11ClF2N2O2S. The van der Waals surface area contributed by atoms with Gasteiger partial charge < -0.3 is 0 Å². The van der Waals surface area contributed by atoms with Crippen molar-refractivity contribution < 1.29 is 17.2 Å². The molecule has 0 atom stereocenters. The zero-order valence-corrected chi connectivity index (χ0v) is 12.5. The number of sulfonamides is 1. The zero-order chi connectivity index (χ0) is 15.6. The highest BCUT2D eigenvalue weighted by molar-refractivity contribution is 7.89. The molecule has 0 N–H and O–H groups in total. The predicted octanol–water partition coefficient (Wildman–Crippen LogP) is 2.83. The van der Waals surface area contributed by atoms with Gasteiger partial charge in [0, 0.05) is 26.0 Å². The third-order valence-corrected chi connectivity index (χ3v) is 5.08. The van der Waals surface area contributed by atoms with Gasteiger partial charge in [-0.25, -0.2) is 17.2 Å². The van der Waals surface area contributed by atoms with Crippen LogP contribution >= 0.6 is 11.6 Å². The van der Waals surface area contributed by atoms with Crippen molar-refractivity contribution in [3.8, 4) is 0 Å². The number of nitrogens with zero attached hydrogens (tertiary/aromatic N) is 2. The first-order chi connectivity index (χ1) is 9.82. The van der Waals surface area contributed by atoms with E-state index >= 15 is 0 Å². The summed E-state index contributed by atoms with van der Waals surface area (Å²) in [5, 5.41) is 0.0436. The van der Waals surface area contributed by atoms with E-state index in [1.165, 1.54) is 25.4 Å². The predicted molar refractivity (Wildman–Crippen MR) is 74.3 cm³/mol. The number of pyridine rings is 1. The Hall–Kier alpha value is -1.57. The lowest BCUT2D eigenvalue weighted by atomic mass is 10.2. The van der Waals surface area contributed by atoms with Crippen LogP contribution in [0.1, 0.15) is 5.56 Å². The Bertz CT molecular complexity index is 769. The number of benzene rings is 1. The van der Waals surface area contributed by atoms with Crippen molar-refractivity contribution in [1.82, 2.24) is 9.29 Å². The van der Waals surface area contributed by atoms with E-state index in [-0.39, 0.29) is 16.5 Å². The molecule has 1 heterocycles. The second kappa shape index (κ2) is 6.05. The molecule has 2 rings (SSSR count). The Morgan fingerprint density at radius 1 is 1.24 bits per heavy atom. The molecule has 0 bridgehead atoms. The van der Waals surface area contributed by atoms with Gasteiger partial charge in [0.05, 0.1) is 5.02 Å². The van der Waals surface area contributed by atoms with Crippen LogP contribution in [0.25, 0.3) is 0 Å². The van der Waals surface area contributed by atoms with Gasteiger partial charge in [0.25, 0.3) is 0 Å². The maximum Gasteiger partial charge on any atom is 0.246 e. The van der Waals surface area contributed by atoms with E-state index in [1.54, 1.807) is 0 Å². The van der Waals surface area contributed by atoms with Gasteiger partial charge in [-0.1, -0.05) is 17.7 Å². The van der Waals surface area contributed by atoms with Gasteiger partial charge in [-0.2, -0.15) is 4.31 Å². The number of hydrogen-bond acceptors (Lipinski definition) is 3. The smallest absolute Gasteiger partial charge is 0.246 e. The SMILES string of the molecule is CN(Cc1ccc(F)c(F)c1)S(=O)(=O)c1cnccc1Cl. The van der Waals surface area contributed by atoms with Crippen LogP contribution in [0.3, 0.4) is 0 Å². The summed E-state index contributed by atoms with van der Waals surface area (Å²) in [6.45, 7) is -0.120. The van der Waals surface area contributed by atoms with E-state index in [0.29, 0.717) is 5.56 Å². The molecule has 1 aromatic carbocycles. The first kappa shape index (κ1) is 15.8. The van der Waals surface area contributed by atoms with Crippen molar-refractivity contribution in [2.24, 2.45) is 0 Å². The Morgan fingerprint density at radius 3 is 2.57 bits per heavy atom. The minimum atomic E-state index is -3.87. The number of aromatic nitrogens is 1. The normalized spacial score (nSPS) is 11.9. The quantitative estimate of drug-likeness (QED) is 0.865. The fourth-order valence-corrected chi connectivity index (χ4v) is 3.26. The summed E-state index contributed by atoms with van der Waals surface area (Å²) in [6, 6.07) is 4.57. The van der Waals surface area contributed by atoms with Crippen LogP contribution in [-0.4, -0.2) is 24.8 Å². The van der Waals surface area contributed by atoms with Crippen molar-refractivity contribution in [2.75, 3.05) is 7.05 Å². The van der Waals surface area contributed by atoms with Gasteiger partial charge in [-0.3, -0.25) is 4.98 Å². The Kier molecular flexibility index (Phi) is 4.55. The topological polar surface area (TPSA) is 50.3 Å². The van der Waals surface area contributed by atoms with E-state index in [1.807, 2.05) is 0 Å². The molecule has 0 radical (unpaired) electrons. The summed E-state index contributed by atoms with van der Waals surface area (Å²) >= 11 is 5.85. The molecule has 0 spiro atoms. The highest BCUT2D eigenvalue weighted by Crippen LogP contribution is 2.23. The molecule has 0 amide bonds. The molecular weight excluding hydrogens is 322 g/mol. The second-order valence-corrected chi connectivity index (χ2v) is 6.74. The van der Waals surface area contributed by atoms with Crippen molar-refractivity contribution in [1.29, 1.82) is 0 Å². The lowest BCUT2D eigenvalue weighted by Gasteiger charge is -2.17. The summed E-state index contributed by atoms with van der Waals surface area (Å²) in [7, 11) is -2.55. The van der Waals surface area contributed by atoms with Crippen molar-refractivity contribution in [2.45, 2.75) is 11.4 Å². The van der Waals surface area contributed by atoms with Gasteiger partial charge in [0.1, 0.15) is 4.90 Å². The average molecular weight is 333 g/mol. The zero-order valence-electron chi connectivity index (χ0n) is 10.9. The fraction of sp³-hybridized carbons (Fsp3) is 0.154. The molecule has 0 aliphatic rings. The molecule has 8 heteroatoms. The van der Waals surface area contributed by atoms with E-state index < -0.39 is 21.7 Å². The average Bonchev–Trinajstić information content (AvgIpc) is 2.43. The molecule has 4 nitrogen and oxygen atoms in total. The number of rotatable bonds is 4. The Balaban J connectivity index is 2.29. The van der Waals surface area contributed by atoms with Gasteiger partial charge >= 0.3 is 0 Å². The summed E-state index contributed by atoms with van der Waals surface area (Å²) < 4.78 is 51.7. The van der Waals surface area contributed by atoms with Crippen LogP contribution in [-0.2, 0) is 16.6 Å². The highest BCUT2D eigenvalue weighted by atomic mass is 35.5. The van der Waals surface area contributed by atoms with Crippen LogP contribution in [0.15, 0.2) is 41.6 Å². The summed E-state index contributed by atoms with van der Waals surface area (Å²) in [4.78, 5) is 3.59. The molecule has 0 aliphatic carbocycles. The van der Waals surface area contributed by atoms with E-state index in [9.17, 15) is 17.2 Å². The lowest BCUT2D eigenvalue weighted by molar-refractivity contribution is 0.461. The summed E-state index contributed by atoms with van der Waals surface area (Å²) in [6.07, 6.45) is 2.51. The van der Waals surface area contributed by atoms with Gasteiger partial charge in [0.15, 0.2) is 11.6 Å².